The molecule has 3 N–H and O–H groups in total. The molecule has 0 amide bonds. The summed E-state index contributed by atoms with van der Waals surface area (Å²) in [5.41, 5.74) is 4.91. The minimum absolute atomic E-state index is 0.190. The van der Waals surface area contributed by atoms with E-state index < -0.39 is 5.60 Å². The Kier molecular flexibility index (Phi) is 3.40. The van der Waals surface area contributed by atoms with Gasteiger partial charge in [-0.15, -0.1) is 0 Å². The molecule has 6 heteroatoms. The van der Waals surface area contributed by atoms with Crippen molar-refractivity contribution in [1.82, 2.24) is 9.97 Å². The van der Waals surface area contributed by atoms with E-state index in [9.17, 15) is 5.11 Å². The molecule has 0 atom stereocenters. The predicted molar refractivity (Wildman–Crippen MR) is 68.1 cm³/mol. The Labute approximate surface area is 106 Å². The van der Waals surface area contributed by atoms with Gasteiger partial charge in [-0.1, -0.05) is 24.4 Å². The van der Waals surface area contributed by atoms with E-state index in [1.807, 2.05) is 11.9 Å². The van der Waals surface area contributed by atoms with E-state index >= 15 is 0 Å². The molecule has 1 aromatic rings. The van der Waals surface area contributed by atoms with Gasteiger partial charge in [-0.25, -0.2) is 4.98 Å². The molecular formula is C11H17ClN4O. The van der Waals surface area contributed by atoms with Crippen LogP contribution in [0.2, 0.25) is 5.02 Å². The zero-order valence-electron chi connectivity index (χ0n) is 9.86. The van der Waals surface area contributed by atoms with E-state index in [0.717, 1.165) is 25.7 Å². The van der Waals surface area contributed by atoms with Gasteiger partial charge in [-0.2, -0.15) is 4.98 Å². The highest BCUT2D eigenvalue weighted by Crippen LogP contribution is 2.32. The van der Waals surface area contributed by atoms with Gasteiger partial charge in [-0.3, -0.25) is 0 Å². The standard InChI is InChI=1S/C11H17ClN4O/c1-16(7-11(17)4-2-3-5-11)9-8(12)6-14-10(13)15-9/h6,17H,2-5,7H2,1H3,(H2,13,14,15). The fourth-order valence-electron chi connectivity index (χ4n) is 2.35. The zero-order chi connectivity index (χ0) is 12.5. The third-order valence-electron chi connectivity index (χ3n) is 3.17. The quantitative estimate of drug-likeness (QED) is 0.856. The van der Waals surface area contributed by atoms with Crippen LogP contribution in [0.25, 0.3) is 0 Å². The molecule has 0 aromatic carbocycles. The largest absolute Gasteiger partial charge is 0.388 e. The molecule has 1 aromatic heterocycles. The Morgan fingerprint density at radius 3 is 2.82 bits per heavy atom. The minimum atomic E-state index is -0.627. The summed E-state index contributed by atoms with van der Waals surface area (Å²) in [6, 6.07) is 0. The van der Waals surface area contributed by atoms with Crippen molar-refractivity contribution in [2.45, 2.75) is 31.3 Å². The molecule has 1 fully saturated rings. The van der Waals surface area contributed by atoms with Crippen molar-refractivity contribution in [2.24, 2.45) is 0 Å². The van der Waals surface area contributed by atoms with E-state index in [-0.39, 0.29) is 5.95 Å². The Morgan fingerprint density at radius 1 is 1.53 bits per heavy atom. The summed E-state index contributed by atoms with van der Waals surface area (Å²) in [6.07, 6.45) is 5.29. The molecule has 0 radical (unpaired) electrons. The number of hydrogen-bond acceptors (Lipinski definition) is 5. The maximum Gasteiger partial charge on any atom is 0.222 e. The molecule has 17 heavy (non-hydrogen) atoms. The van der Waals surface area contributed by atoms with Gasteiger partial charge in [0.05, 0.1) is 11.8 Å². The number of anilines is 2. The highest BCUT2D eigenvalue weighted by atomic mass is 35.5. The van der Waals surface area contributed by atoms with Crippen LogP contribution in [-0.2, 0) is 0 Å². The lowest BCUT2D eigenvalue weighted by Crippen LogP contribution is -2.39. The van der Waals surface area contributed by atoms with Crippen molar-refractivity contribution in [3.05, 3.63) is 11.2 Å². The number of aromatic nitrogens is 2. The van der Waals surface area contributed by atoms with Gasteiger partial charge in [0.25, 0.3) is 0 Å². The third-order valence-corrected chi connectivity index (χ3v) is 3.44. The van der Waals surface area contributed by atoms with Crippen molar-refractivity contribution >= 4 is 23.4 Å². The Morgan fingerprint density at radius 2 is 2.18 bits per heavy atom. The lowest BCUT2D eigenvalue weighted by atomic mass is 10.0. The second-order valence-electron chi connectivity index (χ2n) is 4.69. The third kappa shape index (κ3) is 2.79. The molecule has 2 rings (SSSR count). The van der Waals surface area contributed by atoms with Gasteiger partial charge < -0.3 is 15.7 Å². The summed E-state index contributed by atoms with van der Waals surface area (Å²) in [4.78, 5) is 9.75. The lowest BCUT2D eigenvalue weighted by molar-refractivity contribution is 0.0558. The lowest BCUT2D eigenvalue weighted by Gasteiger charge is -2.29. The van der Waals surface area contributed by atoms with E-state index in [2.05, 4.69) is 9.97 Å². The van der Waals surface area contributed by atoms with Crippen LogP contribution in [0.5, 0.6) is 0 Å². The molecule has 1 aliphatic carbocycles. The summed E-state index contributed by atoms with van der Waals surface area (Å²) in [6.45, 7) is 0.517. The topological polar surface area (TPSA) is 75.3 Å². The molecular weight excluding hydrogens is 240 g/mol. The maximum absolute atomic E-state index is 10.3. The van der Waals surface area contributed by atoms with Crippen LogP contribution in [0.1, 0.15) is 25.7 Å². The van der Waals surface area contributed by atoms with E-state index in [4.69, 9.17) is 17.3 Å². The predicted octanol–water partition coefficient (Wildman–Crippen LogP) is 1.45. The molecule has 0 aliphatic heterocycles. The Balaban J connectivity index is 2.13. The van der Waals surface area contributed by atoms with Gasteiger partial charge in [0.2, 0.25) is 5.95 Å². The van der Waals surface area contributed by atoms with E-state index in [1.165, 1.54) is 6.20 Å². The number of nitrogen functional groups attached to an aromatic ring is 1. The van der Waals surface area contributed by atoms with Gasteiger partial charge >= 0.3 is 0 Å². The molecule has 94 valence electrons. The van der Waals surface area contributed by atoms with E-state index in [1.54, 1.807) is 0 Å². The van der Waals surface area contributed by atoms with Crippen molar-refractivity contribution in [3.8, 4) is 0 Å². The van der Waals surface area contributed by atoms with Crippen molar-refractivity contribution < 1.29 is 5.11 Å². The fourth-order valence-corrected chi connectivity index (χ4v) is 2.58. The summed E-state index contributed by atoms with van der Waals surface area (Å²) in [5.74, 6) is 0.758. The monoisotopic (exact) mass is 256 g/mol. The second kappa shape index (κ2) is 4.66. The van der Waals surface area contributed by atoms with Crippen LogP contribution >= 0.6 is 11.6 Å². The van der Waals surface area contributed by atoms with Crippen LogP contribution in [-0.4, -0.2) is 34.3 Å². The van der Waals surface area contributed by atoms with Gasteiger partial charge in [0.15, 0.2) is 5.82 Å². The fraction of sp³-hybridized carbons (Fsp3) is 0.636. The number of aliphatic hydroxyl groups is 1. The maximum atomic E-state index is 10.3. The van der Waals surface area contributed by atoms with Gasteiger partial charge in [0.1, 0.15) is 5.02 Å². The van der Waals surface area contributed by atoms with Crippen molar-refractivity contribution in [3.63, 3.8) is 0 Å². The number of halogens is 1. The normalized spacial score (nSPS) is 18.3. The zero-order valence-corrected chi connectivity index (χ0v) is 10.6. The molecule has 5 nitrogen and oxygen atoms in total. The molecule has 1 saturated carbocycles. The smallest absolute Gasteiger partial charge is 0.222 e. The molecule has 0 spiro atoms. The second-order valence-corrected chi connectivity index (χ2v) is 5.09. The van der Waals surface area contributed by atoms with E-state index in [0.29, 0.717) is 17.4 Å². The molecule has 0 bridgehead atoms. The highest BCUT2D eigenvalue weighted by molar-refractivity contribution is 6.32. The molecule has 0 saturated heterocycles. The molecule has 0 unspecified atom stereocenters. The van der Waals surface area contributed by atoms with Crippen LogP contribution in [0.3, 0.4) is 0 Å². The van der Waals surface area contributed by atoms with Gasteiger partial charge in [-0.05, 0) is 12.8 Å². The number of hydrogen-bond donors (Lipinski definition) is 2. The average Bonchev–Trinajstić information content (AvgIpc) is 2.68. The highest BCUT2D eigenvalue weighted by Gasteiger charge is 2.33. The first kappa shape index (κ1) is 12.4. The number of nitrogens with two attached hydrogens (primary N) is 1. The summed E-state index contributed by atoms with van der Waals surface area (Å²) in [5, 5.41) is 10.8. The SMILES string of the molecule is CN(CC1(O)CCCC1)c1nc(N)ncc1Cl. The summed E-state index contributed by atoms with van der Waals surface area (Å²) in [7, 11) is 1.85. The summed E-state index contributed by atoms with van der Waals surface area (Å²) >= 11 is 6.02. The van der Waals surface area contributed by atoms with Crippen molar-refractivity contribution in [1.29, 1.82) is 0 Å². The first-order valence-corrected chi connectivity index (χ1v) is 6.09. The first-order chi connectivity index (χ1) is 8.00. The molecule has 1 heterocycles. The van der Waals surface area contributed by atoms with Gasteiger partial charge in [0, 0.05) is 13.6 Å². The van der Waals surface area contributed by atoms with Crippen LogP contribution in [0.4, 0.5) is 11.8 Å². The average molecular weight is 257 g/mol. The van der Waals surface area contributed by atoms with Crippen molar-refractivity contribution in [2.75, 3.05) is 24.2 Å². The number of nitrogens with zero attached hydrogens (tertiary/aromatic N) is 3. The Hall–Kier alpha value is -1.07. The van der Waals surface area contributed by atoms with Crippen LogP contribution in [0, 0.1) is 0 Å². The first-order valence-electron chi connectivity index (χ1n) is 5.72. The Bertz CT molecular complexity index is 406. The van der Waals surface area contributed by atoms with Crippen LogP contribution in [0.15, 0.2) is 6.20 Å². The summed E-state index contributed by atoms with van der Waals surface area (Å²) < 4.78 is 0. The van der Waals surface area contributed by atoms with Crippen LogP contribution < -0.4 is 10.6 Å². The number of rotatable bonds is 3. The minimum Gasteiger partial charge on any atom is -0.388 e. The molecule has 1 aliphatic rings. The number of likely N-dealkylation sites (N-methyl/N-ethyl adjacent to an activating group) is 1.